The molecule has 4 rings (SSSR count). The average Bonchev–Trinajstić information content (AvgIpc) is 3.07. The normalized spacial score (nSPS) is 17.3. The topological polar surface area (TPSA) is 63.4 Å². The molecule has 1 aliphatic heterocycles. The molecule has 0 amide bonds. The number of halogens is 5. The molecule has 0 bridgehead atoms. The molecule has 1 aliphatic rings. The Bertz CT molecular complexity index is 1140. The summed E-state index contributed by atoms with van der Waals surface area (Å²) in [7, 11) is 3.41. The number of nitrogens with zero attached hydrogens (tertiary/aromatic N) is 4. The number of hydrogen-bond acceptors (Lipinski definition) is 5. The van der Waals surface area contributed by atoms with Crippen molar-refractivity contribution in [2.45, 2.75) is 25.1 Å². The van der Waals surface area contributed by atoms with Gasteiger partial charge in [0.1, 0.15) is 11.5 Å². The fraction of sp³-hybridized carbons (Fsp3) is 0.400. The van der Waals surface area contributed by atoms with Gasteiger partial charge in [0.25, 0.3) is 0 Å². The van der Waals surface area contributed by atoms with Crippen LogP contribution in [0.3, 0.4) is 0 Å². The van der Waals surface area contributed by atoms with Gasteiger partial charge in [-0.2, -0.15) is 18.3 Å². The second-order valence-corrected chi connectivity index (χ2v) is 7.46. The van der Waals surface area contributed by atoms with Gasteiger partial charge < -0.3 is 14.7 Å². The fourth-order valence-electron chi connectivity index (χ4n) is 3.75. The highest BCUT2D eigenvalue weighted by Gasteiger charge is 2.38. The van der Waals surface area contributed by atoms with Crippen molar-refractivity contribution < 1.29 is 31.8 Å². The molecule has 1 aromatic carbocycles. The largest absolute Gasteiger partial charge is 0.503 e. The zero-order valence-electron chi connectivity index (χ0n) is 16.7. The smallest absolute Gasteiger partial charge is 0.419 e. The van der Waals surface area contributed by atoms with Crippen LogP contribution in [0.15, 0.2) is 18.3 Å². The molecule has 166 valence electrons. The molecule has 2 aromatic heterocycles. The Kier molecular flexibility index (Phi) is 5.24. The number of aromatic nitrogens is 3. The first-order valence-corrected chi connectivity index (χ1v) is 9.51. The second-order valence-electron chi connectivity index (χ2n) is 7.46. The van der Waals surface area contributed by atoms with Crippen LogP contribution in [-0.2, 0) is 18.0 Å². The molecule has 3 aromatic rings. The molecule has 3 heterocycles. The van der Waals surface area contributed by atoms with Gasteiger partial charge >= 0.3 is 6.18 Å². The number of phenols is 1. The van der Waals surface area contributed by atoms with Gasteiger partial charge in [0.15, 0.2) is 17.4 Å². The summed E-state index contributed by atoms with van der Waals surface area (Å²) in [6.07, 6.45) is -1.90. The summed E-state index contributed by atoms with van der Waals surface area (Å²) >= 11 is 0. The molecule has 0 radical (unpaired) electrons. The maximum atomic E-state index is 14.6. The molecule has 1 saturated heterocycles. The van der Waals surface area contributed by atoms with Crippen molar-refractivity contribution in [3.05, 3.63) is 35.5 Å². The molecule has 0 saturated carbocycles. The first-order valence-electron chi connectivity index (χ1n) is 9.51. The van der Waals surface area contributed by atoms with Crippen LogP contribution in [-0.4, -0.2) is 46.2 Å². The number of hydrogen-bond donors (Lipinski definition) is 1. The van der Waals surface area contributed by atoms with Crippen LogP contribution in [0.4, 0.5) is 27.8 Å². The third-order valence-electron chi connectivity index (χ3n) is 5.50. The SMILES string of the molecule is CN(c1cc2c(cn1)c(-c1cc(C(F)(F)F)c(F)c(O)c1F)nn2C)C1CCCOC1. The summed E-state index contributed by atoms with van der Waals surface area (Å²) in [6, 6.07) is 2.12. The number of pyridine rings is 1. The number of benzene rings is 1. The van der Waals surface area contributed by atoms with E-state index >= 15 is 0 Å². The van der Waals surface area contributed by atoms with E-state index in [1.165, 1.54) is 10.9 Å². The summed E-state index contributed by atoms with van der Waals surface area (Å²) < 4.78 is 74.7. The number of fused-ring (bicyclic) bond motifs is 1. The molecule has 1 N–H and O–H groups in total. The number of likely N-dealkylation sites (N-methyl/N-ethyl adjacent to an activating group) is 1. The van der Waals surface area contributed by atoms with E-state index in [0.717, 1.165) is 12.8 Å². The van der Waals surface area contributed by atoms with Crippen LogP contribution in [0.1, 0.15) is 18.4 Å². The molecular weight excluding hydrogens is 423 g/mol. The third-order valence-corrected chi connectivity index (χ3v) is 5.50. The van der Waals surface area contributed by atoms with E-state index < -0.39 is 34.7 Å². The Morgan fingerprint density at radius 1 is 1.23 bits per heavy atom. The van der Waals surface area contributed by atoms with Crippen LogP contribution in [0.2, 0.25) is 0 Å². The van der Waals surface area contributed by atoms with E-state index in [1.54, 1.807) is 13.1 Å². The summed E-state index contributed by atoms with van der Waals surface area (Å²) in [5.41, 5.74) is -2.14. The number of aromatic hydroxyl groups is 1. The lowest BCUT2D eigenvalue weighted by Crippen LogP contribution is -2.38. The predicted octanol–water partition coefficient (Wildman–Crippen LogP) is 4.25. The quantitative estimate of drug-likeness (QED) is 0.615. The van der Waals surface area contributed by atoms with Crippen molar-refractivity contribution in [3.63, 3.8) is 0 Å². The van der Waals surface area contributed by atoms with E-state index in [-0.39, 0.29) is 17.1 Å². The van der Waals surface area contributed by atoms with Crippen molar-refractivity contribution in [1.29, 1.82) is 0 Å². The van der Waals surface area contributed by atoms with E-state index in [2.05, 4.69) is 10.1 Å². The van der Waals surface area contributed by atoms with Gasteiger partial charge in [0.2, 0.25) is 0 Å². The second kappa shape index (κ2) is 7.63. The van der Waals surface area contributed by atoms with Crippen molar-refractivity contribution in [1.82, 2.24) is 14.8 Å². The molecule has 0 aliphatic carbocycles. The van der Waals surface area contributed by atoms with Gasteiger partial charge in [-0.25, -0.2) is 13.8 Å². The minimum atomic E-state index is -5.12. The molecule has 6 nitrogen and oxygen atoms in total. The van der Waals surface area contributed by atoms with Gasteiger partial charge in [-0.1, -0.05) is 0 Å². The zero-order chi connectivity index (χ0) is 22.5. The minimum Gasteiger partial charge on any atom is -0.503 e. The summed E-state index contributed by atoms with van der Waals surface area (Å²) in [5.74, 6) is -4.70. The number of anilines is 1. The molecule has 11 heteroatoms. The average molecular weight is 442 g/mol. The predicted molar refractivity (Wildman–Crippen MR) is 103 cm³/mol. The summed E-state index contributed by atoms with van der Waals surface area (Å²) in [4.78, 5) is 6.30. The molecule has 1 unspecified atom stereocenters. The van der Waals surface area contributed by atoms with Crippen LogP contribution < -0.4 is 4.90 Å². The highest BCUT2D eigenvalue weighted by Crippen LogP contribution is 2.41. The number of alkyl halides is 3. The van der Waals surface area contributed by atoms with Gasteiger partial charge in [0, 0.05) is 43.9 Å². The third kappa shape index (κ3) is 3.67. The Hall–Kier alpha value is -2.95. The van der Waals surface area contributed by atoms with E-state index in [9.17, 15) is 27.1 Å². The van der Waals surface area contributed by atoms with Crippen LogP contribution in [0.25, 0.3) is 22.2 Å². The Morgan fingerprint density at radius 3 is 2.61 bits per heavy atom. The molecule has 1 fully saturated rings. The zero-order valence-corrected chi connectivity index (χ0v) is 16.7. The maximum absolute atomic E-state index is 14.6. The number of ether oxygens (including phenoxy) is 1. The Morgan fingerprint density at radius 2 is 1.97 bits per heavy atom. The van der Waals surface area contributed by atoms with Gasteiger partial charge in [-0.3, -0.25) is 4.68 Å². The van der Waals surface area contributed by atoms with Crippen molar-refractivity contribution in [2.75, 3.05) is 25.2 Å². The van der Waals surface area contributed by atoms with E-state index in [1.807, 2.05) is 11.9 Å². The standard InChI is InChI=1S/C20H19F5N4O2/c1-28(10-4-3-5-31-9-10)15-7-14-12(8-26-15)18(27-29(14)2)11-6-13(20(23,24)25)17(22)19(30)16(11)21/h6-8,10,30H,3-5,9H2,1-2H3. The monoisotopic (exact) mass is 442 g/mol. The Labute approximate surface area is 173 Å². The maximum Gasteiger partial charge on any atom is 0.419 e. The highest BCUT2D eigenvalue weighted by atomic mass is 19.4. The van der Waals surface area contributed by atoms with E-state index in [0.29, 0.717) is 30.6 Å². The summed E-state index contributed by atoms with van der Waals surface area (Å²) in [5, 5.41) is 14.0. The molecule has 0 spiro atoms. The highest BCUT2D eigenvalue weighted by molar-refractivity contribution is 5.94. The van der Waals surface area contributed by atoms with Gasteiger partial charge in [-0.05, 0) is 18.9 Å². The lowest BCUT2D eigenvalue weighted by molar-refractivity contribution is -0.140. The van der Waals surface area contributed by atoms with Crippen molar-refractivity contribution in [3.8, 4) is 17.0 Å². The van der Waals surface area contributed by atoms with Crippen LogP contribution in [0.5, 0.6) is 5.75 Å². The number of aryl methyl sites for hydroxylation is 1. The fourth-order valence-corrected chi connectivity index (χ4v) is 3.75. The Balaban J connectivity index is 1.82. The lowest BCUT2D eigenvalue weighted by atomic mass is 10.0. The number of phenolic OH excluding ortho intramolecular Hbond substituents is 1. The van der Waals surface area contributed by atoms with Gasteiger partial charge in [0.05, 0.1) is 23.7 Å². The van der Waals surface area contributed by atoms with E-state index in [4.69, 9.17) is 4.74 Å². The van der Waals surface area contributed by atoms with Crippen molar-refractivity contribution >= 4 is 16.7 Å². The minimum absolute atomic E-state index is 0.118. The first kappa shape index (κ1) is 21.3. The molecule has 1 atom stereocenters. The van der Waals surface area contributed by atoms with Crippen molar-refractivity contribution in [2.24, 2.45) is 7.05 Å². The summed E-state index contributed by atoms with van der Waals surface area (Å²) in [6.45, 7) is 1.25. The molecular formula is C20H19F5N4O2. The van der Waals surface area contributed by atoms with Gasteiger partial charge in [-0.15, -0.1) is 0 Å². The van der Waals surface area contributed by atoms with Crippen LogP contribution >= 0.6 is 0 Å². The molecule has 31 heavy (non-hydrogen) atoms. The first-order chi connectivity index (χ1) is 14.6. The number of rotatable bonds is 3. The van der Waals surface area contributed by atoms with Crippen LogP contribution in [0, 0.1) is 11.6 Å². The lowest BCUT2D eigenvalue weighted by Gasteiger charge is -2.31.